The Morgan fingerprint density at radius 1 is 0.824 bits per heavy atom. The smallest absolute Gasteiger partial charge is 0.399 e. The van der Waals surface area contributed by atoms with Gasteiger partial charge in [0.25, 0.3) is 0 Å². The van der Waals surface area contributed by atoms with Gasteiger partial charge in [-0.15, -0.1) is 0 Å². The molecule has 1 aliphatic heterocycles. The van der Waals surface area contributed by atoms with Crippen molar-refractivity contribution in [1.82, 2.24) is 4.98 Å². The maximum Gasteiger partial charge on any atom is 0.494 e. The zero-order valence-corrected chi connectivity index (χ0v) is 20.7. The van der Waals surface area contributed by atoms with Crippen molar-refractivity contribution in [3.63, 3.8) is 0 Å². The van der Waals surface area contributed by atoms with Gasteiger partial charge in [-0.3, -0.25) is 4.98 Å². The van der Waals surface area contributed by atoms with Gasteiger partial charge in [0.2, 0.25) is 0 Å². The second-order valence-corrected chi connectivity index (χ2v) is 10.4. The van der Waals surface area contributed by atoms with E-state index >= 15 is 0 Å². The Labute approximate surface area is 203 Å². The van der Waals surface area contributed by atoms with Crippen molar-refractivity contribution in [2.75, 3.05) is 0 Å². The molecule has 5 rings (SSSR count). The fourth-order valence-electron chi connectivity index (χ4n) is 4.61. The molecule has 0 radical (unpaired) electrons. The van der Waals surface area contributed by atoms with Crippen LogP contribution in [0.4, 0.5) is 0 Å². The normalized spacial score (nSPS) is 20.9. The van der Waals surface area contributed by atoms with Crippen LogP contribution in [-0.4, -0.2) is 23.3 Å². The Morgan fingerprint density at radius 3 is 2.24 bits per heavy atom. The molecular weight excluding hydrogens is 417 g/mol. The van der Waals surface area contributed by atoms with Crippen LogP contribution in [0.2, 0.25) is 0 Å². The van der Waals surface area contributed by atoms with Crippen LogP contribution in [0.1, 0.15) is 46.6 Å². The average Bonchev–Trinajstić information content (AvgIpc) is 3.06. The van der Waals surface area contributed by atoms with Crippen LogP contribution < -0.4 is 5.46 Å². The van der Waals surface area contributed by atoms with Gasteiger partial charge in [-0.05, 0) is 86.0 Å². The molecule has 2 aromatic carbocycles. The summed E-state index contributed by atoms with van der Waals surface area (Å²) in [7, 11) is -0.429. The van der Waals surface area contributed by atoms with Crippen LogP contribution in [-0.2, 0) is 9.31 Å². The summed E-state index contributed by atoms with van der Waals surface area (Å²) in [5.74, 6) is 0.496. The lowest BCUT2D eigenvalue weighted by molar-refractivity contribution is 0.00578. The summed E-state index contributed by atoms with van der Waals surface area (Å²) >= 11 is 0. The number of hydrogen-bond acceptors (Lipinski definition) is 3. The minimum absolute atomic E-state index is 0.393. The van der Waals surface area contributed by atoms with E-state index in [1.165, 1.54) is 11.1 Å². The van der Waals surface area contributed by atoms with Crippen molar-refractivity contribution in [3.8, 4) is 22.4 Å². The lowest BCUT2D eigenvalue weighted by atomic mass is 9.76. The van der Waals surface area contributed by atoms with Crippen molar-refractivity contribution >= 4 is 18.2 Å². The number of rotatable bonds is 4. The van der Waals surface area contributed by atoms with Gasteiger partial charge < -0.3 is 9.31 Å². The predicted octanol–water partition coefficient (Wildman–Crippen LogP) is 6.69. The molecule has 0 amide bonds. The molecule has 0 spiro atoms. The Bertz CT molecular complexity index is 1240. The van der Waals surface area contributed by atoms with Gasteiger partial charge >= 0.3 is 7.12 Å². The minimum Gasteiger partial charge on any atom is -0.399 e. The van der Waals surface area contributed by atoms with Crippen molar-refractivity contribution in [2.24, 2.45) is 5.92 Å². The monoisotopic (exact) mass is 449 g/mol. The van der Waals surface area contributed by atoms with Gasteiger partial charge in [-0.1, -0.05) is 67.6 Å². The number of nitrogens with zero attached hydrogens (tertiary/aromatic N) is 1. The SMILES string of the molecule is CC1CC=CC=C1c1ccnc(-c2cc(B3OC(C)(C)C(C)(C)O3)cc(-c3ccccc3)c2)c1. The first-order valence-electron chi connectivity index (χ1n) is 12.1. The van der Waals surface area contributed by atoms with Crippen molar-refractivity contribution in [2.45, 2.75) is 52.2 Å². The maximum absolute atomic E-state index is 6.41. The molecule has 4 heteroatoms. The van der Waals surface area contributed by atoms with Gasteiger partial charge in [0.1, 0.15) is 0 Å². The first kappa shape index (κ1) is 22.8. The molecule has 3 nitrogen and oxygen atoms in total. The van der Waals surface area contributed by atoms with E-state index in [1.807, 2.05) is 12.3 Å². The molecule has 0 saturated carbocycles. The first-order valence-corrected chi connectivity index (χ1v) is 12.1. The number of allylic oxidation sites excluding steroid dienone is 4. The number of pyridine rings is 1. The van der Waals surface area contributed by atoms with Gasteiger partial charge in [0, 0.05) is 11.8 Å². The summed E-state index contributed by atoms with van der Waals surface area (Å²) in [4.78, 5) is 4.76. The average molecular weight is 449 g/mol. The third-order valence-corrected chi connectivity index (χ3v) is 7.41. The van der Waals surface area contributed by atoms with Crippen LogP contribution in [0, 0.1) is 5.92 Å². The molecule has 1 aliphatic carbocycles. The molecule has 2 aliphatic rings. The lowest BCUT2D eigenvalue weighted by Crippen LogP contribution is -2.41. The highest BCUT2D eigenvalue weighted by atomic mass is 16.7. The predicted molar refractivity (Wildman–Crippen MR) is 142 cm³/mol. The van der Waals surface area contributed by atoms with Crippen molar-refractivity contribution in [3.05, 3.63) is 90.7 Å². The molecule has 1 atom stereocenters. The molecule has 34 heavy (non-hydrogen) atoms. The van der Waals surface area contributed by atoms with Gasteiger partial charge in [-0.25, -0.2) is 0 Å². The van der Waals surface area contributed by atoms with Crippen LogP contribution in [0.15, 0.2) is 85.1 Å². The Kier molecular flexibility index (Phi) is 5.83. The van der Waals surface area contributed by atoms with E-state index in [-0.39, 0.29) is 0 Å². The zero-order valence-electron chi connectivity index (χ0n) is 20.7. The van der Waals surface area contributed by atoms with Gasteiger partial charge in [-0.2, -0.15) is 0 Å². The molecule has 1 fully saturated rings. The van der Waals surface area contributed by atoms with Crippen molar-refractivity contribution < 1.29 is 9.31 Å². The second-order valence-electron chi connectivity index (χ2n) is 10.4. The highest BCUT2D eigenvalue weighted by molar-refractivity contribution is 6.62. The molecule has 1 saturated heterocycles. The summed E-state index contributed by atoms with van der Waals surface area (Å²) in [6.07, 6.45) is 9.60. The maximum atomic E-state index is 6.41. The van der Waals surface area contributed by atoms with Crippen LogP contribution in [0.25, 0.3) is 28.0 Å². The number of aromatic nitrogens is 1. The third-order valence-electron chi connectivity index (χ3n) is 7.41. The summed E-state index contributed by atoms with van der Waals surface area (Å²) in [6.45, 7) is 10.6. The summed E-state index contributed by atoms with van der Waals surface area (Å²) < 4.78 is 12.8. The van der Waals surface area contributed by atoms with E-state index in [0.29, 0.717) is 5.92 Å². The third kappa shape index (κ3) is 4.28. The standard InChI is InChI=1S/C30H32BNO2/c1-21-11-9-10-14-27(21)23-15-16-32-28(20-23)25-17-24(22-12-7-6-8-13-22)18-26(19-25)31-33-29(2,3)30(4,5)34-31/h6-10,12-21H,11H2,1-5H3. The van der Waals surface area contributed by atoms with E-state index in [4.69, 9.17) is 14.3 Å². The highest BCUT2D eigenvalue weighted by Gasteiger charge is 2.51. The fourth-order valence-corrected chi connectivity index (χ4v) is 4.61. The Hall–Kier alpha value is -2.95. The van der Waals surface area contributed by atoms with E-state index in [9.17, 15) is 0 Å². The number of benzene rings is 2. The van der Waals surface area contributed by atoms with Crippen LogP contribution in [0.3, 0.4) is 0 Å². The van der Waals surface area contributed by atoms with E-state index in [0.717, 1.165) is 34.3 Å². The fraction of sp³-hybridized carbons (Fsp3) is 0.300. The Balaban J connectivity index is 1.61. The number of hydrogen-bond donors (Lipinski definition) is 0. The van der Waals surface area contributed by atoms with E-state index in [2.05, 4.69) is 107 Å². The summed E-state index contributed by atoms with van der Waals surface area (Å²) in [6, 6.07) is 21.3. The summed E-state index contributed by atoms with van der Waals surface area (Å²) in [5.41, 5.74) is 7.11. The van der Waals surface area contributed by atoms with Crippen LogP contribution >= 0.6 is 0 Å². The zero-order chi connectivity index (χ0) is 23.9. The van der Waals surface area contributed by atoms with E-state index < -0.39 is 18.3 Å². The quantitative estimate of drug-likeness (QED) is 0.416. The topological polar surface area (TPSA) is 31.4 Å². The molecule has 0 bridgehead atoms. The molecule has 0 N–H and O–H groups in total. The molecule has 1 aromatic heterocycles. The van der Waals surface area contributed by atoms with Crippen LogP contribution in [0.5, 0.6) is 0 Å². The second kappa shape index (κ2) is 8.68. The van der Waals surface area contributed by atoms with Crippen molar-refractivity contribution in [1.29, 1.82) is 0 Å². The molecule has 3 aromatic rings. The lowest BCUT2D eigenvalue weighted by Gasteiger charge is -2.32. The largest absolute Gasteiger partial charge is 0.494 e. The van der Waals surface area contributed by atoms with Gasteiger partial charge in [0.05, 0.1) is 16.9 Å². The first-order chi connectivity index (χ1) is 16.2. The van der Waals surface area contributed by atoms with Gasteiger partial charge in [0.15, 0.2) is 0 Å². The highest BCUT2D eigenvalue weighted by Crippen LogP contribution is 2.37. The Morgan fingerprint density at radius 2 is 1.53 bits per heavy atom. The molecule has 172 valence electrons. The summed E-state index contributed by atoms with van der Waals surface area (Å²) in [5, 5.41) is 0. The molecule has 1 unspecified atom stereocenters. The molecular formula is C30H32BNO2. The molecule has 2 heterocycles. The minimum atomic E-state index is -0.429. The van der Waals surface area contributed by atoms with E-state index in [1.54, 1.807) is 0 Å².